The SMILES string of the molecule is CC(c1ccccc1)N1CC(C(=O)NCCNC(=O)OCCCl)CC1=O. The van der Waals surface area contributed by atoms with Crippen molar-refractivity contribution in [3.05, 3.63) is 35.9 Å². The first kappa shape index (κ1) is 20.0. The number of alkyl carbamates (subject to hydrolysis) is 1. The Morgan fingerprint density at radius 1 is 1.27 bits per heavy atom. The maximum absolute atomic E-state index is 12.3. The quantitative estimate of drug-likeness (QED) is 0.529. The minimum absolute atomic E-state index is 0.0238. The fourth-order valence-electron chi connectivity index (χ4n) is 2.87. The van der Waals surface area contributed by atoms with E-state index in [2.05, 4.69) is 10.6 Å². The van der Waals surface area contributed by atoms with Crippen molar-refractivity contribution in [1.82, 2.24) is 15.5 Å². The molecule has 26 heavy (non-hydrogen) atoms. The zero-order valence-electron chi connectivity index (χ0n) is 14.7. The Kier molecular flexibility index (Phi) is 7.72. The van der Waals surface area contributed by atoms with E-state index in [4.69, 9.17) is 16.3 Å². The molecule has 1 saturated heterocycles. The molecule has 0 radical (unpaired) electrons. The molecular weight excluding hydrogens is 358 g/mol. The molecule has 1 aliphatic rings. The molecule has 0 aliphatic carbocycles. The molecule has 2 atom stereocenters. The lowest BCUT2D eigenvalue weighted by atomic mass is 10.1. The van der Waals surface area contributed by atoms with Gasteiger partial charge in [0, 0.05) is 26.1 Å². The topological polar surface area (TPSA) is 87.7 Å². The molecule has 7 nitrogen and oxygen atoms in total. The number of benzene rings is 1. The number of hydrogen-bond donors (Lipinski definition) is 2. The standard InChI is InChI=1S/C18H24ClN3O4/c1-13(14-5-3-2-4-6-14)22-12-15(11-16(22)23)17(24)20-8-9-21-18(25)26-10-7-19/h2-6,13,15H,7-12H2,1H3,(H,20,24)(H,21,25). The second-order valence-corrected chi connectivity index (χ2v) is 6.45. The molecule has 2 unspecified atom stereocenters. The van der Waals surface area contributed by atoms with Gasteiger partial charge < -0.3 is 20.3 Å². The van der Waals surface area contributed by atoms with Gasteiger partial charge in [0.1, 0.15) is 6.61 Å². The smallest absolute Gasteiger partial charge is 0.407 e. The van der Waals surface area contributed by atoms with Gasteiger partial charge >= 0.3 is 6.09 Å². The summed E-state index contributed by atoms with van der Waals surface area (Å²) in [7, 11) is 0. The summed E-state index contributed by atoms with van der Waals surface area (Å²) in [5.74, 6) is -0.351. The van der Waals surface area contributed by atoms with Crippen LogP contribution in [0.3, 0.4) is 0 Å². The van der Waals surface area contributed by atoms with E-state index in [-0.39, 0.29) is 55.8 Å². The largest absolute Gasteiger partial charge is 0.448 e. The Balaban J connectivity index is 1.75. The monoisotopic (exact) mass is 381 g/mol. The lowest BCUT2D eigenvalue weighted by Crippen LogP contribution is -2.38. The number of halogens is 1. The van der Waals surface area contributed by atoms with Gasteiger partial charge in [0.05, 0.1) is 17.8 Å². The van der Waals surface area contributed by atoms with E-state index in [1.807, 2.05) is 37.3 Å². The summed E-state index contributed by atoms with van der Waals surface area (Å²) < 4.78 is 4.75. The van der Waals surface area contributed by atoms with E-state index in [1.165, 1.54) is 0 Å². The van der Waals surface area contributed by atoms with Gasteiger partial charge in [-0.05, 0) is 12.5 Å². The van der Waals surface area contributed by atoms with Crippen LogP contribution in [0.15, 0.2) is 30.3 Å². The van der Waals surface area contributed by atoms with Crippen LogP contribution < -0.4 is 10.6 Å². The van der Waals surface area contributed by atoms with Crippen LogP contribution in [-0.4, -0.2) is 54.9 Å². The summed E-state index contributed by atoms with van der Waals surface area (Å²) >= 11 is 5.41. The molecule has 0 spiro atoms. The number of likely N-dealkylation sites (tertiary alicyclic amines) is 1. The molecule has 1 aromatic rings. The Hall–Kier alpha value is -2.28. The molecule has 142 valence electrons. The van der Waals surface area contributed by atoms with E-state index in [0.717, 1.165) is 5.56 Å². The van der Waals surface area contributed by atoms with Crippen molar-refractivity contribution in [2.24, 2.45) is 5.92 Å². The number of ether oxygens (including phenoxy) is 1. The molecule has 2 N–H and O–H groups in total. The third-order valence-corrected chi connectivity index (χ3v) is 4.44. The molecule has 0 bridgehead atoms. The van der Waals surface area contributed by atoms with Crippen molar-refractivity contribution in [2.45, 2.75) is 19.4 Å². The molecule has 8 heteroatoms. The van der Waals surface area contributed by atoms with Gasteiger partial charge in [-0.25, -0.2) is 4.79 Å². The Morgan fingerprint density at radius 3 is 2.65 bits per heavy atom. The summed E-state index contributed by atoms with van der Waals surface area (Å²) in [5.41, 5.74) is 1.04. The maximum Gasteiger partial charge on any atom is 0.407 e. The highest BCUT2D eigenvalue weighted by atomic mass is 35.5. The van der Waals surface area contributed by atoms with Crippen molar-refractivity contribution in [2.75, 3.05) is 32.1 Å². The van der Waals surface area contributed by atoms with Gasteiger partial charge in [0.15, 0.2) is 0 Å². The van der Waals surface area contributed by atoms with E-state index in [1.54, 1.807) is 4.90 Å². The fraction of sp³-hybridized carbons (Fsp3) is 0.500. The predicted molar refractivity (Wildman–Crippen MR) is 97.8 cm³/mol. The van der Waals surface area contributed by atoms with Crippen molar-refractivity contribution in [3.63, 3.8) is 0 Å². The number of nitrogens with zero attached hydrogens (tertiary/aromatic N) is 1. The fourth-order valence-corrected chi connectivity index (χ4v) is 2.95. The molecule has 2 rings (SSSR count). The summed E-state index contributed by atoms with van der Waals surface area (Å²) in [6.45, 7) is 3.01. The highest BCUT2D eigenvalue weighted by Crippen LogP contribution is 2.28. The van der Waals surface area contributed by atoms with Crippen molar-refractivity contribution < 1.29 is 19.1 Å². The van der Waals surface area contributed by atoms with Crippen LogP contribution >= 0.6 is 11.6 Å². The summed E-state index contributed by atoms with van der Waals surface area (Å²) in [5, 5.41) is 5.25. The number of alkyl halides is 1. The predicted octanol–water partition coefficient (Wildman–Crippen LogP) is 1.68. The molecule has 0 saturated carbocycles. The first-order valence-electron chi connectivity index (χ1n) is 8.61. The number of rotatable bonds is 8. The Morgan fingerprint density at radius 2 is 1.96 bits per heavy atom. The maximum atomic E-state index is 12.3. The highest BCUT2D eigenvalue weighted by molar-refractivity contribution is 6.18. The number of hydrogen-bond acceptors (Lipinski definition) is 4. The molecule has 0 aromatic heterocycles. The van der Waals surface area contributed by atoms with Crippen LogP contribution in [0.2, 0.25) is 0 Å². The number of nitrogens with one attached hydrogen (secondary N) is 2. The van der Waals surface area contributed by atoms with E-state index in [9.17, 15) is 14.4 Å². The van der Waals surface area contributed by atoms with Crippen LogP contribution in [0.25, 0.3) is 0 Å². The first-order valence-corrected chi connectivity index (χ1v) is 9.15. The second-order valence-electron chi connectivity index (χ2n) is 6.08. The van der Waals surface area contributed by atoms with Crippen LogP contribution in [0.5, 0.6) is 0 Å². The molecule has 1 fully saturated rings. The third kappa shape index (κ3) is 5.62. The average Bonchev–Trinajstić information content (AvgIpc) is 3.05. The summed E-state index contributed by atoms with van der Waals surface area (Å²) in [6.07, 6.45) is -0.368. The molecule has 1 aliphatic heterocycles. The summed E-state index contributed by atoms with van der Waals surface area (Å²) in [6, 6.07) is 9.67. The van der Waals surface area contributed by atoms with Crippen LogP contribution in [0.1, 0.15) is 24.9 Å². The lowest BCUT2D eigenvalue weighted by molar-refractivity contribution is -0.130. The van der Waals surface area contributed by atoms with Crippen LogP contribution in [0.4, 0.5) is 4.79 Å². The zero-order valence-corrected chi connectivity index (χ0v) is 15.5. The Labute approximate surface area is 158 Å². The van der Waals surface area contributed by atoms with Crippen molar-refractivity contribution in [1.29, 1.82) is 0 Å². The van der Waals surface area contributed by atoms with Crippen LogP contribution in [0, 0.1) is 5.92 Å². The minimum atomic E-state index is -0.571. The normalized spacial score (nSPS) is 17.7. The van der Waals surface area contributed by atoms with Gasteiger partial charge in [0.2, 0.25) is 11.8 Å². The van der Waals surface area contributed by atoms with E-state index < -0.39 is 6.09 Å². The molecular formula is C18H24ClN3O4. The summed E-state index contributed by atoms with van der Waals surface area (Å²) in [4.78, 5) is 37.5. The van der Waals surface area contributed by atoms with Gasteiger partial charge in [-0.2, -0.15) is 0 Å². The lowest BCUT2D eigenvalue weighted by Gasteiger charge is -2.25. The van der Waals surface area contributed by atoms with Crippen molar-refractivity contribution >= 4 is 29.5 Å². The first-order chi connectivity index (χ1) is 12.5. The zero-order chi connectivity index (χ0) is 18.9. The third-order valence-electron chi connectivity index (χ3n) is 4.28. The van der Waals surface area contributed by atoms with Gasteiger partial charge in [-0.1, -0.05) is 30.3 Å². The second kappa shape index (κ2) is 10.0. The molecule has 1 aromatic carbocycles. The van der Waals surface area contributed by atoms with E-state index >= 15 is 0 Å². The van der Waals surface area contributed by atoms with Gasteiger partial charge in [-0.3, -0.25) is 9.59 Å². The van der Waals surface area contributed by atoms with Crippen LogP contribution in [-0.2, 0) is 14.3 Å². The van der Waals surface area contributed by atoms with Gasteiger partial charge in [0.25, 0.3) is 0 Å². The number of carbonyl (C=O) groups is 3. The van der Waals surface area contributed by atoms with Crippen molar-refractivity contribution in [3.8, 4) is 0 Å². The highest BCUT2D eigenvalue weighted by Gasteiger charge is 2.36. The number of carbonyl (C=O) groups excluding carboxylic acids is 3. The number of amides is 3. The van der Waals surface area contributed by atoms with E-state index in [0.29, 0.717) is 6.54 Å². The minimum Gasteiger partial charge on any atom is -0.448 e. The average molecular weight is 382 g/mol. The molecule has 3 amide bonds. The Bertz CT molecular complexity index is 626. The molecule has 1 heterocycles. The van der Waals surface area contributed by atoms with Gasteiger partial charge in [-0.15, -0.1) is 11.6 Å².